The molecule has 0 aliphatic carbocycles. The van der Waals surface area contributed by atoms with Crippen molar-refractivity contribution in [3.63, 3.8) is 0 Å². The maximum atomic E-state index is 11.9. The fraction of sp³-hybridized carbons (Fsp3) is 0.714. The SMILES string of the molecule is C/C(=C\[C@@H]1CCCN1)C(=O)N[C@@H](C)C(=O)NC(C)C. The largest absolute Gasteiger partial charge is 0.352 e. The van der Waals surface area contributed by atoms with Crippen LogP contribution in [0.5, 0.6) is 0 Å². The predicted octanol–water partition coefficient (Wildman–Crippen LogP) is 0.714. The molecular weight excluding hydrogens is 242 g/mol. The van der Waals surface area contributed by atoms with Gasteiger partial charge >= 0.3 is 0 Å². The summed E-state index contributed by atoms with van der Waals surface area (Å²) < 4.78 is 0. The van der Waals surface area contributed by atoms with Gasteiger partial charge < -0.3 is 16.0 Å². The Bertz CT molecular complexity index is 358. The number of carbonyl (C=O) groups excluding carboxylic acids is 2. The van der Waals surface area contributed by atoms with E-state index in [1.807, 2.05) is 19.9 Å². The van der Waals surface area contributed by atoms with E-state index in [4.69, 9.17) is 0 Å². The smallest absolute Gasteiger partial charge is 0.247 e. The molecule has 1 rings (SSSR count). The van der Waals surface area contributed by atoms with Gasteiger partial charge in [0.15, 0.2) is 0 Å². The van der Waals surface area contributed by atoms with Crippen molar-refractivity contribution in [2.45, 2.75) is 58.7 Å². The first-order valence-electron chi connectivity index (χ1n) is 6.93. The third-order valence-electron chi connectivity index (χ3n) is 3.08. The minimum absolute atomic E-state index is 0.0752. The number of amides is 2. The van der Waals surface area contributed by atoms with Crippen molar-refractivity contribution in [1.82, 2.24) is 16.0 Å². The van der Waals surface area contributed by atoms with Gasteiger partial charge in [-0.1, -0.05) is 6.08 Å². The van der Waals surface area contributed by atoms with E-state index in [0.29, 0.717) is 5.57 Å². The van der Waals surface area contributed by atoms with Crippen LogP contribution in [0.2, 0.25) is 0 Å². The van der Waals surface area contributed by atoms with Crippen LogP contribution in [0.3, 0.4) is 0 Å². The maximum absolute atomic E-state index is 11.9. The molecule has 0 spiro atoms. The van der Waals surface area contributed by atoms with Gasteiger partial charge in [0, 0.05) is 17.7 Å². The van der Waals surface area contributed by atoms with E-state index < -0.39 is 6.04 Å². The van der Waals surface area contributed by atoms with Gasteiger partial charge in [-0.15, -0.1) is 0 Å². The quantitative estimate of drug-likeness (QED) is 0.643. The molecule has 5 heteroatoms. The zero-order valence-electron chi connectivity index (χ0n) is 12.2. The lowest BCUT2D eigenvalue weighted by Gasteiger charge is -2.16. The van der Waals surface area contributed by atoms with Gasteiger partial charge in [-0.3, -0.25) is 9.59 Å². The summed E-state index contributed by atoms with van der Waals surface area (Å²) in [7, 11) is 0. The van der Waals surface area contributed by atoms with Crippen molar-refractivity contribution >= 4 is 11.8 Å². The first kappa shape index (κ1) is 15.7. The van der Waals surface area contributed by atoms with Crippen molar-refractivity contribution in [3.05, 3.63) is 11.6 Å². The lowest BCUT2D eigenvalue weighted by Crippen LogP contribution is -2.47. The molecule has 1 fully saturated rings. The molecule has 0 radical (unpaired) electrons. The molecule has 5 nitrogen and oxygen atoms in total. The average molecular weight is 267 g/mol. The third-order valence-corrected chi connectivity index (χ3v) is 3.08. The van der Waals surface area contributed by atoms with E-state index >= 15 is 0 Å². The maximum Gasteiger partial charge on any atom is 0.247 e. The summed E-state index contributed by atoms with van der Waals surface area (Å²) in [4.78, 5) is 23.6. The molecule has 2 amide bonds. The second-order valence-corrected chi connectivity index (χ2v) is 5.41. The van der Waals surface area contributed by atoms with Crippen molar-refractivity contribution in [3.8, 4) is 0 Å². The molecule has 1 aliphatic rings. The number of hydrogen-bond donors (Lipinski definition) is 3. The summed E-state index contributed by atoms with van der Waals surface area (Å²) in [6, 6.07) is -0.161. The summed E-state index contributed by atoms with van der Waals surface area (Å²) in [6.07, 6.45) is 4.15. The molecule has 0 aromatic carbocycles. The third kappa shape index (κ3) is 5.42. The highest BCUT2D eigenvalue weighted by Crippen LogP contribution is 2.08. The van der Waals surface area contributed by atoms with Crippen LogP contribution in [0, 0.1) is 0 Å². The summed E-state index contributed by atoms with van der Waals surface area (Å²) in [5.74, 6) is -0.338. The molecule has 0 aromatic rings. The van der Waals surface area contributed by atoms with E-state index in [0.717, 1.165) is 19.4 Å². The molecular formula is C14H25N3O2. The monoisotopic (exact) mass is 267 g/mol. The van der Waals surface area contributed by atoms with Crippen molar-refractivity contribution < 1.29 is 9.59 Å². The summed E-state index contributed by atoms with van der Waals surface area (Å²) in [5, 5.41) is 8.80. The molecule has 0 aromatic heterocycles. The van der Waals surface area contributed by atoms with Gasteiger partial charge in [-0.2, -0.15) is 0 Å². The van der Waals surface area contributed by atoms with Gasteiger partial charge in [-0.05, 0) is 47.1 Å². The van der Waals surface area contributed by atoms with Crippen LogP contribution in [0.4, 0.5) is 0 Å². The van der Waals surface area contributed by atoms with Crippen molar-refractivity contribution in [2.24, 2.45) is 0 Å². The van der Waals surface area contributed by atoms with E-state index in [1.54, 1.807) is 13.8 Å². The average Bonchev–Trinajstić information content (AvgIpc) is 2.80. The Balaban J connectivity index is 2.46. The topological polar surface area (TPSA) is 70.2 Å². The predicted molar refractivity (Wildman–Crippen MR) is 75.7 cm³/mol. The van der Waals surface area contributed by atoms with Crippen LogP contribution in [0.1, 0.15) is 40.5 Å². The first-order chi connectivity index (χ1) is 8.90. The van der Waals surface area contributed by atoms with Crippen LogP contribution in [0.15, 0.2) is 11.6 Å². The molecule has 0 bridgehead atoms. The molecule has 2 atom stereocenters. The highest BCUT2D eigenvalue weighted by Gasteiger charge is 2.18. The normalized spacial score (nSPS) is 21.3. The molecule has 1 heterocycles. The van der Waals surface area contributed by atoms with Gasteiger partial charge in [0.05, 0.1) is 0 Å². The Labute approximate surface area is 115 Å². The highest BCUT2D eigenvalue weighted by molar-refractivity contribution is 5.96. The zero-order chi connectivity index (χ0) is 14.4. The molecule has 1 aliphatic heterocycles. The Morgan fingerprint density at radius 1 is 1.26 bits per heavy atom. The number of hydrogen-bond acceptors (Lipinski definition) is 3. The number of rotatable bonds is 5. The van der Waals surface area contributed by atoms with Gasteiger partial charge in [-0.25, -0.2) is 0 Å². The van der Waals surface area contributed by atoms with Crippen LogP contribution in [0.25, 0.3) is 0 Å². The molecule has 0 saturated carbocycles. The summed E-state index contributed by atoms with van der Waals surface area (Å²) in [6.45, 7) is 8.26. The standard InChI is InChI=1S/C14H25N3O2/c1-9(2)16-14(19)11(4)17-13(18)10(3)8-12-6-5-7-15-12/h8-9,11-12,15H,5-7H2,1-4H3,(H,16,19)(H,17,18)/b10-8+/t11-,12-/m0/s1. The zero-order valence-corrected chi connectivity index (χ0v) is 12.2. The van der Waals surface area contributed by atoms with Gasteiger partial charge in [0.1, 0.15) is 6.04 Å². The first-order valence-corrected chi connectivity index (χ1v) is 6.93. The fourth-order valence-electron chi connectivity index (χ4n) is 2.02. The summed E-state index contributed by atoms with van der Waals surface area (Å²) >= 11 is 0. The molecule has 1 saturated heterocycles. The fourth-order valence-corrected chi connectivity index (χ4v) is 2.02. The second kappa shape index (κ2) is 7.28. The van der Waals surface area contributed by atoms with Crippen LogP contribution < -0.4 is 16.0 Å². The van der Waals surface area contributed by atoms with Gasteiger partial charge in [0.2, 0.25) is 11.8 Å². The minimum Gasteiger partial charge on any atom is -0.352 e. The van der Waals surface area contributed by atoms with Gasteiger partial charge in [0.25, 0.3) is 0 Å². The van der Waals surface area contributed by atoms with E-state index in [2.05, 4.69) is 16.0 Å². The molecule has 3 N–H and O–H groups in total. The number of nitrogens with one attached hydrogen (secondary N) is 3. The molecule has 19 heavy (non-hydrogen) atoms. The van der Waals surface area contributed by atoms with E-state index in [-0.39, 0.29) is 23.9 Å². The van der Waals surface area contributed by atoms with Crippen LogP contribution in [-0.2, 0) is 9.59 Å². The number of carbonyl (C=O) groups is 2. The van der Waals surface area contributed by atoms with Crippen molar-refractivity contribution in [2.75, 3.05) is 6.54 Å². The Kier molecular flexibility index (Phi) is 6.02. The lowest BCUT2D eigenvalue weighted by atomic mass is 10.1. The molecule has 108 valence electrons. The Morgan fingerprint density at radius 3 is 2.47 bits per heavy atom. The molecule has 0 unspecified atom stereocenters. The lowest BCUT2D eigenvalue weighted by molar-refractivity contribution is -0.127. The Morgan fingerprint density at radius 2 is 1.95 bits per heavy atom. The Hall–Kier alpha value is -1.36. The van der Waals surface area contributed by atoms with Crippen LogP contribution in [-0.4, -0.2) is 36.5 Å². The minimum atomic E-state index is -0.519. The van der Waals surface area contributed by atoms with Crippen LogP contribution >= 0.6 is 0 Å². The van der Waals surface area contributed by atoms with Crippen molar-refractivity contribution in [1.29, 1.82) is 0 Å². The highest BCUT2D eigenvalue weighted by atomic mass is 16.2. The second-order valence-electron chi connectivity index (χ2n) is 5.41. The van der Waals surface area contributed by atoms with E-state index in [9.17, 15) is 9.59 Å². The van der Waals surface area contributed by atoms with E-state index in [1.165, 1.54) is 0 Å². The summed E-state index contributed by atoms with van der Waals surface area (Å²) in [5.41, 5.74) is 0.656.